The van der Waals surface area contributed by atoms with Gasteiger partial charge in [-0.3, -0.25) is 9.59 Å². The predicted molar refractivity (Wildman–Crippen MR) is 86.2 cm³/mol. The van der Waals surface area contributed by atoms with Crippen LogP contribution in [-0.4, -0.2) is 81.7 Å². The lowest BCUT2D eigenvalue weighted by Gasteiger charge is -2.35. The van der Waals surface area contributed by atoms with E-state index in [2.05, 4.69) is 5.32 Å². The van der Waals surface area contributed by atoms with Gasteiger partial charge in [0.1, 0.15) is 6.61 Å². The topological polar surface area (TPSA) is 113 Å². The van der Waals surface area contributed by atoms with Gasteiger partial charge in [-0.25, -0.2) is 0 Å². The molecule has 1 amide bonds. The minimum atomic E-state index is -0.705. The molecular weight excluding hydrogens is 334 g/mol. The van der Waals surface area contributed by atoms with Crippen molar-refractivity contribution < 1.29 is 38.4 Å². The SMILES string of the molecule is CC(=O)NC1[CH][CH][C@H](COC(C)=O)O[C@H]1OCCOCCOCCO. The Bertz CT molecular complexity index is 392. The molecule has 1 unspecified atom stereocenters. The second-order valence-electron chi connectivity index (χ2n) is 5.28. The molecule has 25 heavy (non-hydrogen) atoms. The summed E-state index contributed by atoms with van der Waals surface area (Å²) in [6.45, 7) is 4.44. The Labute approximate surface area is 147 Å². The fraction of sp³-hybridized carbons (Fsp3) is 0.750. The number of hydrogen-bond donors (Lipinski definition) is 2. The third kappa shape index (κ3) is 10.4. The van der Waals surface area contributed by atoms with Crippen LogP contribution in [0.2, 0.25) is 0 Å². The van der Waals surface area contributed by atoms with Gasteiger partial charge in [-0.05, 0) is 12.8 Å². The van der Waals surface area contributed by atoms with E-state index in [-0.39, 0.29) is 32.3 Å². The number of esters is 1. The first-order valence-corrected chi connectivity index (χ1v) is 8.15. The van der Waals surface area contributed by atoms with Crippen LogP contribution in [0.3, 0.4) is 0 Å². The van der Waals surface area contributed by atoms with Crippen molar-refractivity contribution in [1.29, 1.82) is 0 Å². The molecule has 0 saturated carbocycles. The Morgan fingerprint density at radius 3 is 2.40 bits per heavy atom. The quantitative estimate of drug-likeness (QED) is 0.344. The predicted octanol–water partition coefficient (Wildman–Crippen LogP) is -0.770. The molecule has 1 aliphatic rings. The molecule has 3 atom stereocenters. The van der Waals surface area contributed by atoms with Crippen molar-refractivity contribution in [2.45, 2.75) is 32.3 Å². The third-order valence-corrected chi connectivity index (χ3v) is 3.07. The largest absolute Gasteiger partial charge is 0.463 e. The van der Waals surface area contributed by atoms with E-state index in [0.717, 1.165) is 0 Å². The molecule has 0 aliphatic carbocycles. The summed E-state index contributed by atoms with van der Waals surface area (Å²) in [6.07, 6.45) is 2.33. The third-order valence-electron chi connectivity index (χ3n) is 3.07. The van der Waals surface area contributed by atoms with Crippen LogP contribution in [0, 0.1) is 12.8 Å². The molecule has 1 heterocycles. The number of aliphatic hydroxyl groups excluding tert-OH is 1. The van der Waals surface area contributed by atoms with E-state index in [1.165, 1.54) is 13.8 Å². The second-order valence-corrected chi connectivity index (χ2v) is 5.28. The summed E-state index contributed by atoms with van der Waals surface area (Å²) in [5.41, 5.74) is 0. The summed E-state index contributed by atoms with van der Waals surface area (Å²) >= 11 is 0. The Hall–Kier alpha value is -1.26. The molecule has 2 N–H and O–H groups in total. The highest BCUT2D eigenvalue weighted by Crippen LogP contribution is 2.19. The molecule has 9 heteroatoms. The molecule has 144 valence electrons. The van der Waals surface area contributed by atoms with Gasteiger partial charge in [-0.2, -0.15) is 0 Å². The van der Waals surface area contributed by atoms with Crippen molar-refractivity contribution >= 4 is 11.9 Å². The maximum absolute atomic E-state index is 11.3. The lowest BCUT2D eigenvalue weighted by Crippen LogP contribution is -2.51. The molecule has 0 aromatic rings. The van der Waals surface area contributed by atoms with Gasteiger partial charge in [-0.15, -0.1) is 0 Å². The lowest BCUT2D eigenvalue weighted by atomic mass is 10.0. The van der Waals surface area contributed by atoms with Crippen molar-refractivity contribution in [2.75, 3.05) is 46.2 Å². The number of ether oxygens (including phenoxy) is 5. The summed E-state index contributed by atoms with van der Waals surface area (Å²) < 4.78 is 26.6. The molecular formula is C16H27NO8. The molecule has 1 aliphatic heterocycles. The Morgan fingerprint density at radius 1 is 1.08 bits per heavy atom. The van der Waals surface area contributed by atoms with Gasteiger partial charge in [-0.1, -0.05) is 0 Å². The van der Waals surface area contributed by atoms with Gasteiger partial charge in [0, 0.05) is 13.8 Å². The number of carbonyl (C=O) groups is 2. The van der Waals surface area contributed by atoms with Crippen molar-refractivity contribution in [3.63, 3.8) is 0 Å². The van der Waals surface area contributed by atoms with Crippen molar-refractivity contribution in [3.8, 4) is 0 Å². The van der Waals surface area contributed by atoms with Crippen LogP contribution in [-0.2, 0) is 33.3 Å². The number of hydrogen-bond acceptors (Lipinski definition) is 8. The van der Waals surface area contributed by atoms with Gasteiger partial charge in [0.15, 0.2) is 6.29 Å². The van der Waals surface area contributed by atoms with Crippen LogP contribution in [0.25, 0.3) is 0 Å². The average molecular weight is 361 g/mol. The van der Waals surface area contributed by atoms with E-state index in [1.807, 2.05) is 0 Å². The van der Waals surface area contributed by atoms with Crippen LogP contribution in [0.15, 0.2) is 0 Å². The molecule has 9 nitrogen and oxygen atoms in total. The van der Waals surface area contributed by atoms with Gasteiger partial charge >= 0.3 is 5.97 Å². The maximum atomic E-state index is 11.3. The van der Waals surface area contributed by atoms with E-state index < -0.39 is 24.4 Å². The molecule has 2 radical (unpaired) electrons. The zero-order valence-corrected chi connectivity index (χ0v) is 14.6. The fourth-order valence-corrected chi connectivity index (χ4v) is 2.03. The smallest absolute Gasteiger partial charge is 0.302 e. The summed E-state index contributed by atoms with van der Waals surface area (Å²) in [7, 11) is 0. The molecule has 0 bridgehead atoms. The zero-order valence-electron chi connectivity index (χ0n) is 14.6. The van der Waals surface area contributed by atoms with Crippen LogP contribution in [0.1, 0.15) is 13.8 Å². The highest BCUT2D eigenvalue weighted by molar-refractivity contribution is 5.73. The average Bonchev–Trinajstić information content (AvgIpc) is 2.56. The molecule has 0 aromatic heterocycles. The summed E-state index contributed by atoms with van der Waals surface area (Å²) in [6, 6.07) is -0.432. The van der Waals surface area contributed by atoms with Gasteiger partial charge in [0.2, 0.25) is 5.91 Å². The number of amides is 1. The molecule has 0 spiro atoms. The number of rotatable bonds is 12. The standard InChI is InChI=1S/C16H27NO8/c1-12(19)17-15-4-3-14(11-24-13(2)20)25-16(15)23-10-9-22-8-7-21-6-5-18/h3-4,14-16,18H,5-11H2,1-2H3,(H,17,19)/t14-,15?,16-/m1/s1. The Kier molecular flexibility index (Phi) is 11.3. The monoisotopic (exact) mass is 361 g/mol. The van der Waals surface area contributed by atoms with Crippen LogP contribution >= 0.6 is 0 Å². The fourth-order valence-electron chi connectivity index (χ4n) is 2.03. The van der Waals surface area contributed by atoms with E-state index in [1.54, 1.807) is 12.8 Å². The number of aliphatic hydroxyl groups is 1. The Balaban J connectivity index is 2.30. The maximum Gasteiger partial charge on any atom is 0.302 e. The Morgan fingerprint density at radius 2 is 1.76 bits per heavy atom. The molecule has 1 rings (SSSR count). The summed E-state index contributed by atoms with van der Waals surface area (Å²) in [5.74, 6) is -0.599. The zero-order chi connectivity index (χ0) is 18.5. The summed E-state index contributed by atoms with van der Waals surface area (Å²) in [5, 5.41) is 11.3. The highest BCUT2D eigenvalue weighted by Gasteiger charge is 2.33. The number of carbonyl (C=O) groups excluding carboxylic acids is 2. The van der Waals surface area contributed by atoms with E-state index in [9.17, 15) is 9.59 Å². The minimum absolute atomic E-state index is 0.0192. The lowest BCUT2D eigenvalue weighted by molar-refractivity contribution is -0.200. The van der Waals surface area contributed by atoms with Gasteiger partial charge < -0.3 is 34.1 Å². The van der Waals surface area contributed by atoms with Gasteiger partial charge in [0.05, 0.1) is 51.8 Å². The first kappa shape index (κ1) is 21.8. The van der Waals surface area contributed by atoms with Crippen molar-refractivity contribution in [3.05, 3.63) is 12.8 Å². The van der Waals surface area contributed by atoms with Crippen molar-refractivity contribution in [1.82, 2.24) is 5.32 Å². The molecule has 1 fully saturated rings. The highest BCUT2D eigenvalue weighted by atomic mass is 16.7. The number of nitrogens with one attached hydrogen (secondary N) is 1. The first-order valence-electron chi connectivity index (χ1n) is 8.15. The van der Waals surface area contributed by atoms with Gasteiger partial charge in [0.25, 0.3) is 0 Å². The molecule has 1 saturated heterocycles. The van der Waals surface area contributed by atoms with E-state index >= 15 is 0 Å². The first-order chi connectivity index (χ1) is 12.0. The van der Waals surface area contributed by atoms with E-state index in [0.29, 0.717) is 19.8 Å². The minimum Gasteiger partial charge on any atom is -0.463 e. The van der Waals surface area contributed by atoms with Crippen LogP contribution < -0.4 is 5.32 Å². The van der Waals surface area contributed by atoms with Crippen LogP contribution in [0.5, 0.6) is 0 Å². The van der Waals surface area contributed by atoms with Crippen LogP contribution in [0.4, 0.5) is 0 Å². The second kappa shape index (κ2) is 13.0. The normalized spacial score (nSPS) is 23.2. The van der Waals surface area contributed by atoms with Crippen molar-refractivity contribution in [2.24, 2.45) is 0 Å². The summed E-state index contributed by atoms with van der Waals surface area (Å²) in [4.78, 5) is 22.2. The molecule has 0 aromatic carbocycles. The van der Waals surface area contributed by atoms with E-state index in [4.69, 9.17) is 28.8 Å².